The average molecular weight is 231 g/mol. The van der Waals surface area contributed by atoms with E-state index in [9.17, 15) is 4.79 Å². The van der Waals surface area contributed by atoms with Crippen molar-refractivity contribution in [1.82, 2.24) is 4.98 Å². The summed E-state index contributed by atoms with van der Waals surface area (Å²) < 4.78 is 0. The Hall–Kier alpha value is -2.09. The van der Waals surface area contributed by atoms with Crippen molar-refractivity contribution in [2.45, 2.75) is 25.3 Å². The highest BCUT2D eigenvalue weighted by molar-refractivity contribution is 5.68. The maximum atomic E-state index is 10.8. The highest BCUT2D eigenvalue weighted by atomic mass is 16.4. The number of carboxylic acids is 1. The zero-order valence-corrected chi connectivity index (χ0v) is 9.33. The van der Waals surface area contributed by atoms with E-state index >= 15 is 0 Å². The largest absolute Gasteiger partial charge is 0.481 e. The van der Waals surface area contributed by atoms with Gasteiger partial charge in [-0.1, -0.05) is 0 Å². The third-order valence-electron chi connectivity index (χ3n) is 2.96. The van der Waals surface area contributed by atoms with E-state index in [1.54, 1.807) is 18.3 Å². The van der Waals surface area contributed by atoms with Gasteiger partial charge in [-0.2, -0.15) is 5.26 Å². The van der Waals surface area contributed by atoms with Crippen LogP contribution in [0.25, 0.3) is 0 Å². The molecule has 0 amide bonds. The number of aromatic nitrogens is 1. The first kappa shape index (κ1) is 11.4. The molecule has 1 atom stereocenters. The zero-order valence-electron chi connectivity index (χ0n) is 9.33. The quantitative estimate of drug-likeness (QED) is 0.850. The molecule has 1 aliphatic rings. The maximum absolute atomic E-state index is 10.8. The second-order valence-electron chi connectivity index (χ2n) is 4.10. The van der Waals surface area contributed by atoms with E-state index in [1.807, 2.05) is 4.90 Å². The average Bonchev–Trinajstić information content (AvgIpc) is 2.76. The molecule has 1 unspecified atom stereocenters. The number of pyridine rings is 1. The van der Waals surface area contributed by atoms with E-state index in [1.165, 1.54) is 0 Å². The van der Waals surface area contributed by atoms with Crippen LogP contribution in [-0.2, 0) is 4.79 Å². The number of anilines is 1. The number of nitriles is 1. The maximum Gasteiger partial charge on any atom is 0.305 e. The van der Waals surface area contributed by atoms with Gasteiger partial charge < -0.3 is 10.0 Å². The van der Waals surface area contributed by atoms with E-state index in [4.69, 9.17) is 10.4 Å². The molecule has 0 bridgehead atoms. The number of hydrogen-bond donors (Lipinski definition) is 1. The lowest BCUT2D eigenvalue weighted by Gasteiger charge is -2.24. The van der Waals surface area contributed by atoms with Crippen LogP contribution in [0.4, 0.5) is 5.82 Å². The second-order valence-corrected chi connectivity index (χ2v) is 4.10. The van der Waals surface area contributed by atoms with Crippen molar-refractivity contribution in [3.05, 3.63) is 23.9 Å². The van der Waals surface area contributed by atoms with Crippen LogP contribution in [0.3, 0.4) is 0 Å². The lowest BCUT2D eigenvalue weighted by atomic mass is 10.1. The predicted molar refractivity (Wildman–Crippen MR) is 61.6 cm³/mol. The number of nitrogens with zero attached hydrogens (tertiary/aromatic N) is 3. The molecule has 0 saturated carbocycles. The van der Waals surface area contributed by atoms with Gasteiger partial charge in [-0.05, 0) is 25.0 Å². The summed E-state index contributed by atoms with van der Waals surface area (Å²) in [5.74, 6) is -0.0915. The van der Waals surface area contributed by atoms with E-state index in [0.717, 1.165) is 19.4 Å². The monoisotopic (exact) mass is 231 g/mol. The SMILES string of the molecule is N#Cc1ccnc(N2CCCC2CC(=O)O)c1. The number of carbonyl (C=O) groups is 1. The molecule has 1 fully saturated rings. The normalized spacial score (nSPS) is 19.0. The molecule has 0 aromatic carbocycles. The van der Waals surface area contributed by atoms with Crippen LogP contribution in [0.2, 0.25) is 0 Å². The van der Waals surface area contributed by atoms with Crippen molar-refractivity contribution in [3.8, 4) is 6.07 Å². The summed E-state index contributed by atoms with van der Waals surface area (Å²) in [7, 11) is 0. The molecule has 1 aliphatic heterocycles. The number of rotatable bonds is 3. The highest BCUT2D eigenvalue weighted by Crippen LogP contribution is 2.26. The van der Waals surface area contributed by atoms with Crippen LogP contribution in [0.5, 0.6) is 0 Å². The minimum absolute atomic E-state index is 0.00561. The molecular formula is C12H13N3O2. The zero-order chi connectivity index (χ0) is 12.3. The summed E-state index contributed by atoms with van der Waals surface area (Å²) in [5, 5.41) is 17.7. The number of aliphatic carboxylic acids is 1. The van der Waals surface area contributed by atoms with Gasteiger partial charge in [0.2, 0.25) is 0 Å². The number of hydrogen-bond acceptors (Lipinski definition) is 4. The van der Waals surface area contributed by atoms with Crippen LogP contribution in [0.15, 0.2) is 18.3 Å². The van der Waals surface area contributed by atoms with Crippen molar-refractivity contribution >= 4 is 11.8 Å². The van der Waals surface area contributed by atoms with Crippen molar-refractivity contribution in [3.63, 3.8) is 0 Å². The van der Waals surface area contributed by atoms with Crippen molar-refractivity contribution < 1.29 is 9.90 Å². The molecule has 5 nitrogen and oxygen atoms in total. The van der Waals surface area contributed by atoms with E-state index in [-0.39, 0.29) is 12.5 Å². The molecule has 88 valence electrons. The first-order valence-electron chi connectivity index (χ1n) is 5.55. The summed E-state index contributed by atoms with van der Waals surface area (Å²) in [6, 6.07) is 5.41. The molecule has 0 aliphatic carbocycles. The van der Waals surface area contributed by atoms with Gasteiger partial charge in [-0.3, -0.25) is 4.79 Å². The fourth-order valence-electron chi connectivity index (χ4n) is 2.20. The van der Waals surface area contributed by atoms with Gasteiger partial charge in [0.15, 0.2) is 0 Å². The van der Waals surface area contributed by atoms with Crippen LogP contribution < -0.4 is 4.90 Å². The van der Waals surface area contributed by atoms with Crippen molar-refractivity contribution in [2.24, 2.45) is 0 Å². The van der Waals surface area contributed by atoms with Crippen molar-refractivity contribution in [2.75, 3.05) is 11.4 Å². The molecule has 1 aromatic rings. The Morgan fingerprint density at radius 2 is 2.53 bits per heavy atom. The first-order valence-corrected chi connectivity index (χ1v) is 5.55. The Balaban J connectivity index is 2.20. The minimum atomic E-state index is -0.793. The minimum Gasteiger partial charge on any atom is -0.481 e. The Labute approximate surface area is 99.3 Å². The smallest absolute Gasteiger partial charge is 0.305 e. The second kappa shape index (κ2) is 4.83. The van der Waals surface area contributed by atoms with Gasteiger partial charge in [0, 0.05) is 18.8 Å². The Kier molecular flexibility index (Phi) is 3.24. The summed E-state index contributed by atoms with van der Waals surface area (Å²) in [5.41, 5.74) is 0.552. The Morgan fingerprint density at radius 1 is 1.71 bits per heavy atom. The summed E-state index contributed by atoms with van der Waals surface area (Å²) in [6.07, 6.45) is 3.55. The van der Waals surface area contributed by atoms with Crippen molar-refractivity contribution in [1.29, 1.82) is 5.26 Å². The Bertz CT molecular complexity index is 467. The topological polar surface area (TPSA) is 77.2 Å². The first-order chi connectivity index (χ1) is 8.20. The molecule has 2 heterocycles. The Morgan fingerprint density at radius 3 is 3.24 bits per heavy atom. The van der Waals surface area contributed by atoms with E-state index in [2.05, 4.69) is 11.1 Å². The lowest BCUT2D eigenvalue weighted by molar-refractivity contribution is -0.137. The molecule has 0 radical (unpaired) electrons. The van der Waals surface area contributed by atoms with Crippen LogP contribution >= 0.6 is 0 Å². The number of carboxylic acid groups (broad SMARTS) is 1. The van der Waals surface area contributed by atoms with Gasteiger partial charge in [0.05, 0.1) is 18.1 Å². The molecule has 1 aromatic heterocycles. The van der Waals surface area contributed by atoms with E-state index < -0.39 is 5.97 Å². The van der Waals surface area contributed by atoms with Gasteiger partial charge in [0.1, 0.15) is 5.82 Å². The third kappa shape index (κ3) is 2.53. The van der Waals surface area contributed by atoms with Gasteiger partial charge in [0.25, 0.3) is 0 Å². The van der Waals surface area contributed by atoms with E-state index in [0.29, 0.717) is 11.4 Å². The molecule has 0 spiro atoms. The van der Waals surface area contributed by atoms with Gasteiger partial charge in [-0.25, -0.2) is 4.98 Å². The van der Waals surface area contributed by atoms with Crippen LogP contribution in [0.1, 0.15) is 24.8 Å². The fourth-order valence-corrected chi connectivity index (χ4v) is 2.20. The third-order valence-corrected chi connectivity index (χ3v) is 2.96. The highest BCUT2D eigenvalue weighted by Gasteiger charge is 2.27. The fraction of sp³-hybridized carbons (Fsp3) is 0.417. The summed E-state index contributed by atoms with van der Waals surface area (Å²) in [6.45, 7) is 0.805. The van der Waals surface area contributed by atoms with Crippen LogP contribution in [-0.4, -0.2) is 28.6 Å². The van der Waals surface area contributed by atoms with Crippen LogP contribution in [0, 0.1) is 11.3 Å². The lowest BCUT2D eigenvalue weighted by Crippen LogP contribution is -2.31. The molecule has 17 heavy (non-hydrogen) atoms. The molecule has 1 saturated heterocycles. The molecular weight excluding hydrogens is 218 g/mol. The molecule has 5 heteroatoms. The van der Waals surface area contributed by atoms with Gasteiger partial charge >= 0.3 is 5.97 Å². The molecule has 1 N–H and O–H groups in total. The summed E-state index contributed by atoms with van der Waals surface area (Å²) in [4.78, 5) is 16.9. The molecule has 2 rings (SSSR count). The standard InChI is InChI=1S/C12H13N3O2/c13-8-9-3-4-14-11(6-9)15-5-1-2-10(15)7-12(16)17/h3-4,6,10H,1-2,5,7H2,(H,16,17). The predicted octanol–water partition coefficient (Wildman–Crippen LogP) is 1.40. The van der Waals surface area contributed by atoms with Gasteiger partial charge in [-0.15, -0.1) is 0 Å². The summed E-state index contributed by atoms with van der Waals surface area (Å²) >= 11 is 0.